The highest BCUT2D eigenvalue weighted by atomic mass is 32.2. The van der Waals surface area contributed by atoms with Crippen molar-refractivity contribution < 1.29 is 22.1 Å². The first-order valence-corrected chi connectivity index (χ1v) is 23.7. The molecule has 0 amide bonds. The standard InChI is InChI=1S/C44H82O5S/c1-32(2)41-25-23-34(4)15-10-18-36(6)42-26-24-37(7)43-30-44(47-31-40(49-44)22-13-29-48-50(8,45)46)28-27-39(43)21-12-20-38(42)19-11-16-33(3)14-9-17-35(41)5/h32-43H,9-31H2,1-8H3. The Morgan fingerprint density at radius 2 is 1.26 bits per heavy atom. The molecule has 12 unspecified atom stereocenters. The molecular weight excluding hydrogens is 641 g/mol. The average molecular weight is 723 g/mol. The van der Waals surface area contributed by atoms with Crippen molar-refractivity contribution in [3.63, 3.8) is 0 Å². The predicted octanol–water partition coefficient (Wildman–Crippen LogP) is 12.2. The molecule has 50 heavy (non-hydrogen) atoms. The topological polar surface area (TPSA) is 61.8 Å². The molecule has 3 aliphatic carbocycles. The van der Waals surface area contributed by atoms with Gasteiger partial charge in [0.25, 0.3) is 10.1 Å². The molecule has 0 aromatic rings. The van der Waals surface area contributed by atoms with E-state index >= 15 is 0 Å². The van der Waals surface area contributed by atoms with E-state index in [4.69, 9.17) is 13.7 Å². The van der Waals surface area contributed by atoms with Crippen molar-refractivity contribution in [2.75, 3.05) is 19.5 Å². The van der Waals surface area contributed by atoms with Crippen LogP contribution in [0.1, 0.15) is 183 Å². The Morgan fingerprint density at radius 3 is 1.92 bits per heavy atom. The first kappa shape index (κ1) is 42.6. The summed E-state index contributed by atoms with van der Waals surface area (Å²) in [6.45, 7) is 18.6. The van der Waals surface area contributed by atoms with Gasteiger partial charge in [0.15, 0.2) is 5.79 Å². The van der Waals surface area contributed by atoms with E-state index in [-0.39, 0.29) is 12.7 Å². The maximum absolute atomic E-state index is 11.4. The quantitative estimate of drug-likeness (QED) is 0.202. The molecule has 0 N–H and O–H groups in total. The normalized spacial score (nSPS) is 41.2. The van der Waals surface area contributed by atoms with Crippen LogP contribution in [-0.2, 0) is 23.8 Å². The second-order valence-corrected chi connectivity index (χ2v) is 20.8. The summed E-state index contributed by atoms with van der Waals surface area (Å²) in [5.74, 6) is 8.57. The van der Waals surface area contributed by atoms with E-state index in [0.717, 1.165) is 78.8 Å². The van der Waals surface area contributed by atoms with Crippen molar-refractivity contribution in [2.45, 2.75) is 195 Å². The van der Waals surface area contributed by atoms with Crippen LogP contribution in [0.3, 0.4) is 0 Å². The van der Waals surface area contributed by atoms with E-state index in [0.29, 0.717) is 24.9 Å². The lowest BCUT2D eigenvalue weighted by Crippen LogP contribution is -2.43. The van der Waals surface area contributed by atoms with Gasteiger partial charge in [0.2, 0.25) is 0 Å². The van der Waals surface area contributed by atoms with Crippen LogP contribution in [0.2, 0.25) is 0 Å². The molecule has 1 heterocycles. The summed E-state index contributed by atoms with van der Waals surface area (Å²) in [5, 5.41) is 0. The lowest BCUT2D eigenvalue weighted by atomic mass is 9.64. The van der Waals surface area contributed by atoms with Gasteiger partial charge >= 0.3 is 0 Å². The predicted molar refractivity (Wildman–Crippen MR) is 209 cm³/mol. The molecule has 0 aromatic carbocycles. The highest BCUT2D eigenvalue weighted by Crippen LogP contribution is 2.50. The molecule has 1 spiro atoms. The molecule has 4 rings (SSSR count). The Bertz CT molecular complexity index is 1060. The SMILES string of the molecule is CC1CCCC(C)C(C(C)C)CCC(C)CCCC(C)C2CCC(C)C3CC4(CCC3CCCC2CCC1)OCC(CCCOS(C)(=O)=O)O4. The van der Waals surface area contributed by atoms with Crippen molar-refractivity contribution in [2.24, 2.45) is 65.1 Å². The van der Waals surface area contributed by atoms with Crippen molar-refractivity contribution in [1.29, 1.82) is 0 Å². The molecule has 6 heteroatoms. The van der Waals surface area contributed by atoms with Crippen LogP contribution in [0.4, 0.5) is 0 Å². The first-order chi connectivity index (χ1) is 23.7. The van der Waals surface area contributed by atoms with Crippen LogP contribution < -0.4 is 0 Å². The molecule has 3 saturated carbocycles. The maximum atomic E-state index is 11.4. The van der Waals surface area contributed by atoms with Gasteiger partial charge in [-0.25, -0.2) is 0 Å². The van der Waals surface area contributed by atoms with E-state index in [1.165, 1.54) is 109 Å². The van der Waals surface area contributed by atoms with Crippen molar-refractivity contribution >= 4 is 10.1 Å². The molecule has 5 nitrogen and oxygen atoms in total. The van der Waals surface area contributed by atoms with Gasteiger partial charge in [0, 0.05) is 12.8 Å². The van der Waals surface area contributed by atoms with Gasteiger partial charge in [-0.2, -0.15) is 8.42 Å². The largest absolute Gasteiger partial charge is 0.347 e. The summed E-state index contributed by atoms with van der Waals surface area (Å²) in [5.41, 5.74) is 0. The Labute approximate surface area is 311 Å². The van der Waals surface area contributed by atoms with E-state index in [1.54, 1.807) is 0 Å². The number of hydrogen-bond acceptors (Lipinski definition) is 5. The second kappa shape index (κ2) is 20.5. The van der Waals surface area contributed by atoms with Crippen molar-refractivity contribution in [3.05, 3.63) is 0 Å². The van der Waals surface area contributed by atoms with Crippen molar-refractivity contribution in [3.8, 4) is 0 Å². The molecule has 294 valence electrons. The Kier molecular flexibility index (Phi) is 17.4. The van der Waals surface area contributed by atoms with Crippen LogP contribution in [-0.4, -0.2) is 39.8 Å². The molecule has 1 saturated heterocycles. The van der Waals surface area contributed by atoms with Crippen LogP contribution >= 0.6 is 0 Å². The third-order valence-electron chi connectivity index (χ3n) is 14.7. The monoisotopic (exact) mass is 723 g/mol. The number of ether oxygens (including phenoxy) is 2. The number of rotatable bonds is 6. The fourth-order valence-corrected chi connectivity index (χ4v) is 11.9. The fraction of sp³-hybridized carbons (Fsp3) is 1.00. The Balaban J connectivity index is 1.37. The summed E-state index contributed by atoms with van der Waals surface area (Å²) >= 11 is 0. The third kappa shape index (κ3) is 13.6. The number of fused-ring (bicyclic) bond motifs is 2. The van der Waals surface area contributed by atoms with Crippen molar-refractivity contribution in [1.82, 2.24) is 0 Å². The zero-order valence-electron chi connectivity index (χ0n) is 34.1. The zero-order chi connectivity index (χ0) is 36.3. The minimum absolute atomic E-state index is 0.0454. The van der Waals surface area contributed by atoms with Crippen LogP contribution in [0.25, 0.3) is 0 Å². The van der Waals surface area contributed by atoms with E-state index < -0.39 is 15.9 Å². The minimum Gasteiger partial charge on any atom is -0.347 e. The summed E-state index contributed by atoms with van der Waals surface area (Å²) in [6, 6.07) is 0. The van der Waals surface area contributed by atoms with Gasteiger partial charge in [0.05, 0.1) is 25.6 Å². The molecule has 12 atom stereocenters. The van der Waals surface area contributed by atoms with E-state index in [9.17, 15) is 8.42 Å². The van der Waals surface area contributed by atoms with Crippen LogP contribution in [0.15, 0.2) is 0 Å². The minimum atomic E-state index is -3.39. The molecule has 0 radical (unpaired) electrons. The number of hydrogen-bond donors (Lipinski definition) is 0. The Hall–Kier alpha value is -0.170. The molecule has 4 aliphatic rings. The lowest BCUT2D eigenvalue weighted by Gasteiger charge is -2.45. The van der Waals surface area contributed by atoms with E-state index in [2.05, 4.69) is 48.5 Å². The zero-order valence-corrected chi connectivity index (χ0v) is 35.0. The summed E-state index contributed by atoms with van der Waals surface area (Å²) in [7, 11) is -3.39. The fourth-order valence-electron chi connectivity index (χ4n) is 11.4. The van der Waals surface area contributed by atoms with Gasteiger partial charge in [-0.1, -0.05) is 138 Å². The van der Waals surface area contributed by atoms with E-state index in [1.807, 2.05) is 0 Å². The molecule has 1 aliphatic heterocycles. The Morgan fingerprint density at radius 1 is 0.680 bits per heavy atom. The van der Waals surface area contributed by atoms with Crippen LogP contribution in [0.5, 0.6) is 0 Å². The van der Waals surface area contributed by atoms with Gasteiger partial charge in [-0.15, -0.1) is 0 Å². The maximum Gasteiger partial charge on any atom is 0.264 e. The third-order valence-corrected chi connectivity index (χ3v) is 15.3. The van der Waals surface area contributed by atoms with Gasteiger partial charge < -0.3 is 9.47 Å². The highest BCUT2D eigenvalue weighted by molar-refractivity contribution is 7.85. The first-order valence-electron chi connectivity index (χ1n) is 21.9. The molecule has 0 bridgehead atoms. The highest BCUT2D eigenvalue weighted by Gasteiger charge is 2.49. The summed E-state index contributed by atoms with van der Waals surface area (Å²) in [4.78, 5) is 0. The van der Waals surface area contributed by atoms with Gasteiger partial charge in [0.1, 0.15) is 0 Å². The van der Waals surface area contributed by atoms with Gasteiger partial charge in [-0.05, 0) is 97.2 Å². The van der Waals surface area contributed by atoms with Gasteiger partial charge in [-0.3, -0.25) is 4.18 Å². The molecule has 0 aromatic heterocycles. The van der Waals surface area contributed by atoms with Crippen LogP contribution in [0, 0.1) is 65.1 Å². The average Bonchev–Trinajstić information content (AvgIpc) is 3.44. The summed E-state index contributed by atoms with van der Waals surface area (Å²) in [6.07, 6.45) is 28.5. The second-order valence-electron chi connectivity index (χ2n) is 19.1. The molecule has 4 fully saturated rings. The summed E-state index contributed by atoms with van der Waals surface area (Å²) < 4.78 is 40.9. The molecular formula is C44H82O5S. The lowest BCUT2D eigenvalue weighted by molar-refractivity contribution is -0.210. The smallest absolute Gasteiger partial charge is 0.264 e.